The lowest BCUT2D eigenvalue weighted by Crippen LogP contribution is -2.15. The molecule has 3 aromatic rings. The van der Waals surface area contributed by atoms with E-state index in [9.17, 15) is 13.0 Å². The number of aryl methyl sites for hydroxylation is 3. The first-order valence-corrected chi connectivity index (χ1v) is 11.7. The topological polar surface area (TPSA) is 63.6 Å². The maximum absolute atomic E-state index is 11.6. The molecule has 0 bridgehead atoms. The Bertz CT molecular complexity index is 1200. The van der Waals surface area contributed by atoms with Gasteiger partial charge in [-0.05, 0) is 72.7 Å². The number of benzene rings is 3. The zero-order valence-corrected chi connectivity index (χ0v) is 18.4. The van der Waals surface area contributed by atoms with Crippen molar-refractivity contribution in [3.05, 3.63) is 81.9 Å². The van der Waals surface area contributed by atoms with Crippen molar-refractivity contribution < 1.29 is 17.7 Å². The van der Waals surface area contributed by atoms with Crippen molar-refractivity contribution in [3.63, 3.8) is 0 Å². The standard InChI is InChI=1S/C24H23ClO4S/c1-15-6-5-7-16(2)23(15)21-14-19(25)12-18-13-20(29-24(18)21)11-10-17-8-3-4-9-22(17)30(26,27)28/h3-9,12,14,20H,10-11,13H2,1-2H3,(H,26,27,28). The molecule has 0 spiro atoms. The summed E-state index contributed by atoms with van der Waals surface area (Å²) in [6, 6.07) is 16.6. The molecule has 0 saturated heterocycles. The Morgan fingerprint density at radius 3 is 2.47 bits per heavy atom. The van der Waals surface area contributed by atoms with Crippen molar-refractivity contribution in [1.29, 1.82) is 0 Å². The molecule has 0 fully saturated rings. The molecule has 4 rings (SSSR count). The van der Waals surface area contributed by atoms with Gasteiger partial charge in [-0.3, -0.25) is 4.55 Å². The monoisotopic (exact) mass is 442 g/mol. The molecule has 30 heavy (non-hydrogen) atoms. The maximum atomic E-state index is 11.6. The van der Waals surface area contributed by atoms with Gasteiger partial charge in [0.2, 0.25) is 0 Å². The van der Waals surface area contributed by atoms with Gasteiger partial charge in [-0.2, -0.15) is 8.42 Å². The second kappa shape index (κ2) is 8.06. The fourth-order valence-electron chi connectivity index (χ4n) is 4.26. The van der Waals surface area contributed by atoms with Gasteiger partial charge in [0.25, 0.3) is 10.1 Å². The normalized spacial score (nSPS) is 15.7. The molecule has 0 amide bonds. The highest BCUT2D eigenvalue weighted by Gasteiger charge is 2.28. The van der Waals surface area contributed by atoms with Gasteiger partial charge in [0.15, 0.2) is 0 Å². The van der Waals surface area contributed by atoms with E-state index in [2.05, 4.69) is 26.0 Å². The van der Waals surface area contributed by atoms with E-state index in [1.54, 1.807) is 18.2 Å². The lowest BCUT2D eigenvalue weighted by molar-refractivity contribution is 0.222. The molecular weight excluding hydrogens is 420 g/mol. The molecule has 156 valence electrons. The number of ether oxygens (including phenoxy) is 1. The predicted octanol–water partition coefficient (Wildman–Crippen LogP) is 5.81. The average molecular weight is 443 g/mol. The number of hydrogen-bond donors (Lipinski definition) is 1. The van der Waals surface area contributed by atoms with Crippen molar-refractivity contribution in [2.45, 2.75) is 44.1 Å². The summed E-state index contributed by atoms with van der Waals surface area (Å²) in [5, 5.41) is 0.673. The molecule has 0 aliphatic carbocycles. The first kappa shape index (κ1) is 20.9. The Morgan fingerprint density at radius 1 is 1.07 bits per heavy atom. The van der Waals surface area contributed by atoms with Gasteiger partial charge in [-0.1, -0.05) is 48.0 Å². The summed E-state index contributed by atoms with van der Waals surface area (Å²) in [5.74, 6) is 0.852. The molecular formula is C24H23ClO4S. The van der Waals surface area contributed by atoms with Gasteiger partial charge in [0, 0.05) is 17.0 Å². The third-order valence-corrected chi connectivity index (χ3v) is 6.77. The van der Waals surface area contributed by atoms with Crippen LogP contribution in [0.1, 0.15) is 28.7 Å². The zero-order chi connectivity index (χ0) is 21.5. The lowest BCUT2D eigenvalue weighted by Gasteiger charge is -2.16. The molecule has 0 saturated carbocycles. The molecule has 1 aliphatic rings. The summed E-state index contributed by atoms with van der Waals surface area (Å²) in [7, 11) is -4.25. The zero-order valence-electron chi connectivity index (χ0n) is 16.9. The smallest absolute Gasteiger partial charge is 0.294 e. The van der Waals surface area contributed by atoms with Gasteiger partial charge >= 0.3 is 0 Å². The SMILES string of the molecule is Cc1cccc(C)c1-c1cc(Cl)cc2c1OC(CCc1ccccc1S(=O)(=O)O)C2. The number of rotatable bonds is 5. The quantitative estimate of drug-likeness (QED) is 0.506. The van der Waals surface area contributed by atoms with Crippen molar-refractivity contribution in [2.24, 2.45) is 0 Å². The second-order valence-electron chi connectivity index (χ2n) is 7.77. The van der Waals surface area contributed by atoms with Crippen molar-refractivity contribution in [1.82, 2.24) is 0 Å². The molecule has 0 radical (unpaired) electrons. The van der Waals surface area contributed by atoms with E-state index in [-0.39, 0.29) is 11.0 Å². The molecule has 1 atom stereocenters. The number of halogens is 1. The van der Waals surface area contributed by atoms with Crippen LogP contribution in [0.15, 0.2) is 59.5 Å². The van der Waals surface area contributed by atoms with Crippen LogP contribution in [0.3, 0.4) is 0 Å². The fraction of sp³-hybridized carbons (Fsp3) is 0.250. The molecule has 4 nitrogen and oxygen atoms in total. The van der Waals surface area contributed by atoms with Crippen molar-refractivity contribution in [2.75, 3.05) is 0 Å². The molecule has 3 aromatic carbocycles. The Labute approximate surface area is 182 Å². The molecule has 6 heteroatoms. The van der Waals surface area contributed by atoms with Crippen molar-refractivity contribution >= 4 is 21.7 Å². The van der Waals surface area contributed by atoms with Gasteiger partial charge < -0.3 is 4.74 Å². The maximum Gasteiger partial charge on any atom is 0.294 e. The van der Waals surface area contributed by atoms with E-state index in [1.807, 2.05) is 18.2 Å². The van der Waals surface area contributed by atoms with Crippen LogP contribution in [0.5, 0.6) is 5.75 Å². The van der Waals surface area contributed by atoms with Gasteiger partial charge in [0.1, 0.15) is 11.9 Å². The summed E-state index contributed by atoms with van der Waals surface area (Å²) in [4.78, 5) is -0.0419. The van der Waals surface area contributed by atoms with E-state index < -0.39 is 10.1 Å². The van der Waals surface area contributed by atoms with Gasteiger partial charge in [-0.25, -0.2) is 0 Å². The molecule has 1 N–H and O–H groups in total. The number of hydrogen-bond acceptors (Lipinski definition) is 3. The van der Waals surface area contributed by atoms with Crippen LogP contribution in [0.2, 0.25) is 5.02 Å². The van der Waals surface area contributed by atoms with Crippen LogP contribution in [0.4, 0.5) is 0 Å². The second-order valence-corrected chi connectivity index (χ2v) is 9.60. The third-order valence-electron chi connectivity index (χ3n) is 5.60. The van der Waals surface area contributed by atoms with Gasteiger partial charge in [0.05, 0.1) is 4.90 Å². The molecule has 1 aliphatic heterocycles. The fourth-order valence-corrected chi connectivity index (χ4v) is 5.25. The Hall–Kier alpha value is -2.34. The summed E-state index contributed by atoms with van der Waals surface area (Å²) < 4.78 is 39.1. The van der Waals surface area contributed by atoms with E-state index in [4.69, 9.17) is 16.3 Å². The Morgan fingerprint density at radius 2 is 1.77 bits per heavy atom. The van der Waals surface area contributed by atoms with Crippen LogP contribution in [0, 0.1) is 13.8 Å². The van der Waals surface area contributed by atoms with Crippen LogP contribution >= 0.6 is 11.6 Å². The highest BCUT2D eigenvalue weighted by atomic mass is 35.5. The Kier molecular flexibility index (Phi) is 5.62. The van der Waals surface area contributed by atoms with E-state index >= 15 is 0 Å². The van der Waals surface area contributed by atoms with E-state index in [0.717, 1.165) is 33.6 Å². The third kappa shape index (κ3) is 4.10. The molecule has 1 heterocycles. The van der Waals surface area contributed by atoms with Crippen LogP contribution in [-0.2, 0) is 23.0 Å². The predicted molar refractivity (Wildman–Crippen MR) is 119 cm³/mol. The summed E-state index contributed by atoms with van der Waals surface area (Å²) in [6.45, 7) is 4.16. The van der Waals surface area contributed by atoms with Gasteiger partial charge in [-0.15, -0.1) is 0 Å². The molecule has 1 unspecified atom stereocenters. The largest absolute Gasteiger partial charge is 0.489 e. The van der Waals surface area contributed by atoms with Crippen molar-refractivity contribution in [3.8, 4) is 16.9 Å². The first-order valence-electron chi connectivity index (χ1n) is 9.85. The van der Waals surface area contributed by atoms with Crippen LogP contribution < -0.4 is 4.74 Å². The average Bonchev–Trinajstić information content (AvgIpc) is 3.08. The highest BCUT2D eigenvalue weighted by Crippen LogP contribution is 2.43. The lowest BCUT2D eigenvalue weighted by atomic mass is 9.93. The first-order chi connectivity index (χ1) is 14.2. The number of fused-ring (bicyclic) bond motifs is 1. The van der Waals surface area contributed by atoms with Crippen LogP contribution in [0.25, 0.3) is 11.1 Å². The minimum absolute atomic E-state index is 0.0419. The summed E-state index contributed by atoms with van der Waals surface area (Å²) in [6.07, 6.45) is 1.74. The van der Waals surface area contributed by atoms with E-state index in [1.165, 1.54) is 6.07 Å². The Balaban J connectivity index is 1.61. The minimum atomic E-state index is -4.25. The van der Waals surface area contributed by atoms with Crippen LogP contribution in [-0.4, -0.2) is 19.1 Å². The molecule has 0 aromatic heterocycles. The summed E-state index contributed by atoms with van der Waals surface area (Å²) in [5.41, 5.74) is 6.10. The summed E-state index contributed by atoms with van der Waals surface area (Å²) >= 11 is 6.42. The minimum Gasteiger partial charge on any atom is -0.489 e. The van der Waals surface area contributed by atoms with E-state index in [0.29, 0.717) is 29.8 Å². The highest BCUT2D eigenvalue weighted by molar-refractivity contribution is 7.85.